The lowest BCUT2D eigenvalue weighted by Gasteiger charge is -2.17. The number of rotatable bonds is 14. The van der Waals surface area contributed by atoms with E-state index in [9.17, 15) is 4.79 Å². The van der Waals surface area contributed by atoms with Crippen molar-refractivity contribution in [2.75, 3.05) is 0 Å². The minimum absolute atomic E-state index is 0.00763. The number of hydrogen-bond acceptors (Lipinski definition) is 2. The smallest absolute Gasteiger partial charge is 0.306 e. The Morgan fingerprint density at radius 1 is 0.750 bits per heavy atom. The molecule has 0 bridgehead atoms. The van der Waals surface area contributed by atoms with E-state index in [0.717, 1.165) is 32.1 Å². The van der Waals surface area contributed by atoms with Crippen LogP contribution in [-0.4, -0.2) is 12.1 Å². The Balaban J connectivity index is 3.65. The Labute approximate surface area is 126 Å². The maximum absolute atomic E-state index is 11.7. The lowest BCUT2D eigenvalue weighted by molar-refractivity contribution is -0.149. The van der Waals surface area contributed by atoms with Gasteiger partial charge < -0.3 is 4.74 Å². The molecule has 2 nitrogen and oxygen atoms in total. The van der Waals surface area contributed by atoms with Crippen LogP contribution in [0.4, 0.5) is 0 Å². The van der Waals surface area contributed by atoms with Gasteiger partial charge in [0, 0.05) is 6.42 Å². The van der Waals surface area contributed by atoms with Gasteiger partial charge in [0.2, 0.25) is 0 Å². The second kappa shape index (κ2) is 14.9. The summed E-state index contributed by atoms with van der Waals surface area (Å²) >= 11 is 0. The van der Waals surface area contributed by atoms with Crippen molar-refractivity contribution >= 4 is 5.97 Å². The molecule has 0 saturated heterocycles. The maximum Gasteiger partial charge on any atom is 0.306 e. The fourth-order valence-electron chi connectivity index (χ4n) is 2.48. The Hall–Kier alpha value is -0.530. The van der Waals surface area contributed by atoms with Gasteiger partial charge in [0.1, 0.15) is 6.10 Å². The van der Waals surface area contributed by atoms with Crippen molar-refractivity contribution in [3.05, 3.63) is 0 Å². The number of unbranched alkanes of at least 4 members (excludes halogenated alkanes) is 7. The van der Waals surface area contributed by atoms with E-state index in [1.807, 2.05) is 0 Å². The van der Waals surface area contributed by atoms with Gasteiger partial charge >= 0.3 is 5.97 Å². The van der Waals surface area contributed by atoms with Crippen LogP contribution in [0.2, 0.25) is 0 Å². The first-order chi connectivity index (χ1) is 9.74. The van der Waals surface area contributed by atoms with Gasteiger partial charge in [0.25, 0.3) is 0 Å². The summed E-state index contributed by atoms with van der Waals surface area (Å²) in [6.07, 6.45) is 15.2. The molecule has 0 aliphatic heterocycles. The minimum Gasteiger partial charge on any atom is -0.462 e. The van der Waals surface area contributed by atoms with E-state index < -0.39 is 0 Å². The van der Waals surface area contributed by atoms with Crippen LogP contribution in [-0.2, 0) is 9.53 Å². The molecule has 0 rings (SSSR count). The van der Waals surface area contributed by atoms with Crippen LogP contribution in [0.25, 0.3) is 0 Å². The Kier molecular flexibility index (Phi) is 14.5. The van der Waals surface area contributed by atoms with Crippen molar-refractivity contribution in [2.45, 2.75) is 110 Å². The highest BCUT2D eigenvalue weighted by molar-refractivity contribution is 5.69. The number of hydrogen-bond donors (Lipinski definition) is 0. The fraction of sp³-hybridized carbons (Fsp3) is 0.944. The molecule has 0 saturated carbocycles. The van der Waals surface area contributed by atoms with Crippen LogP contribution in [0.1, 0.15) is 104 Å². The van der Waals surface area contributed by atoms with E-state index in [0.29, 0.717) is 6.42 Å². The number of ether oxygens (including phenoxy) is 1. The van der Waals surface area contributed by atoms with Crippen LogP contribution in [0.3, 0.4) is 0 Å². The monoisotopic (exact) mass is 284 g/mol. The van der Waals surface area contributed by atoms with Crippen LogP contribution in [0.5, 0.6) is 0 Å². The molecule has 0 aliphatic rings. The summed E-state index contributed by atoms with van der Waals surface area (Å²) in [4.78, 5) is 11.7. The zero-order valence-corrected chi connectivity index (χ0v) is 14.1. The summed E-state index contributed by atoms with van der Waals surface area (Å²) in [5.41, 5.74) is 0. The molecule has 0 aromatic heterocycles. The van der Waals surface area contributed by atoms with Crippen LogP contribution < -0.4 is 0 Å². The SMILES string of the molecule is CCCCCCCCCC(CCC)OC(=O)CCCC. The highest BCUT2D eigenvalue weighted by Gasteiger charge is 2.12. The van der Waals surface area contributed by atoms with Crippen LogP contribution >= 0.6 is 0 Å². The quantitative estimate of drug-likeness (QED) is 0.287. The second-order valence-electron chi connectivity index (χ2n) is 5.91. The third kappa shape index (κ3) is 12.5. The molecule has 0 radical (unpaired) electrons. The molecule has 1 unspecified atom stereocenters. The van der Waals surface area contributed by atoms with Crippen molar-refractivity contribution in [3.63, 3.8) is 0 Å². The van der Waals surface area contributed by atoms with Gasteiger partial charge in [-0.25, -0.2) is 0 Å². The minimum atomic E-state index is 0.00763. The molecule has 0 spiro atoms. The predicted molar refractivity (Wildman–Crippen MR) is 86.9 cm³/mol. The Bertz CT molecular complexity index is 213. The van der Waals surface area contributed by atoms with Gasteiger partial charge in [-0.1, -0.05) is 72.1 Å². The summed E-state index contributed by atoms with van der Waals surface area (Å²) in [6.45, 7) is 6.52. The normalized spacial score (nSPS) is 12.3. The zero-order chi connectivity index (χ0) is 15.1. The lowest BCUT2D eigenvalue weighted by Crippen LogP contribution is -2.18. The lowest BCUT2D eigenvalue weighted by atomic mass is 10.0. The van der Waals surface area contributed by atoms with Crippen molar-refractivity contribution in [2.24, 2.45) is 0 Å². The average molecular weight is 284 g/mol. The highest BCUT2D eigenvalue weighted by Crippen LogP contribution is 2.15. The molecule has 0 aromatic rings. The van der Waals surface area contributed by atoms with Crippen molar-refractivity contribution in [1.82, 2.24) is 0 Å². The summed E-state index contributed by atoms with van der Waals surface area (Å²) < 4.78 is 5.60. The molecule has 0 aromatic carbocycles. The molecular formula is C18H36O2. The molecule has 2 heteroatoms. The van der Waals surface area contributed by atoms with Crippen molar-refractivity contribution < 1.29 is 9.53 Å². The van der Waals surface area contributed by atoms with Gasteiger partial charge in [0.05, 0.1) is 0 Å². The third-order valence-electron chi connectivity index (χ3n) is 3.77. The predicted octanol–water partition coefficient (Wildman–Crippen LogP) is 6.03. The highest BCUT2D eigenvalue weighted by atomic mass is 16.5. The molecule has 20 heavy (non-hydrogen) atoms. The first kappa shape index (κ1) is 19.5. The van der Waals surface area contributed by atoms with E-state index in [2.05, 4.69) is 20.8 Å². The molecule has 1 atom stereocenters. The van der Waals surface area contributed by atoms with Crippen LogP contribution in [0.15, 0.2) is 0 Å². The van der Waals surface area contributed by atoms with Crippen molar-refractivity contribution in [1.29, 1.82) is 0 Å². The zero-order valence-electron chi connectivity index (χ0n) is 14.1. The van der Waals surface area contributed by atoms with Gasteiger partial charge in [0.15, 0.2) is 0 Å². The molecule has 0 amide bonds. The maximum atomic E-state index is 11.7. The largest absolute Gasteiger partial charge is 0.462 e. The molecule has 0 aliphatic carbocycles. The van der Waals surface area contributed by atoms with E-state index in [-0.39, 0.29) is 12.1 Å². The van der Waals surface area contributed by atoms with Gasteiger partial charge in [-0.2, -0.15) is 0 Å². The van der Waals surface area contributed by atoms with Crippen molar-refractivity contribution in [3.8, 4) is 0 Å². The van der Waals surface area contributed by atoms with Crippen LogP contribution in [0, 0.1) is 0 Å². The van der Waals surface area contributed by atoms with Gasteiger partial charge in [-0.15, -0.1) is 0 Å². The Morgan fingerprint density at radius 2 is 1.35 bits per heavy atom. The molecule has 0 N–H and O–H groups in total. The fourth-order valence-corrected chi connectivity index (χ4v) is 2.48. The number of carbonyl (C=O) groups is 1. The van der Waals surface area contributed by atoms with Gasteiger partial charge in [-0.05, 0) is 25.7 Å². The topological polar surface area (TPSA) is 26.3 Å². The number of carbonyl (C=O) groups excluding carboxylic acids is 1. The molecule has 0 fully saturated rings. The van der Waals surface area contributed by atoms with E-state index >= 15 is 0 Å². The van der Waals surface area contributed by atoms with E-state index in [1.165, 1.54) is 44.9 Å². The summed E-state index contributed by atoms with van der Waals surface area (Å²) in [6, 6.07) is 0. The first-order valence-corrected chi connectivity index (χ1v) is 8.94. The summed E-state index contributed by atoms with van der Waals surface area (Å²) in [5.74, 6) is 0.00763. The standard InChI is InChI=1S/C18H36O2/c1-4-7-9-10-11-12-13-15-17(14-6-3)20-18(19)16-8-5-2/h17H,4-16H2,1-3H3. The number of esters is 1. The average Bonchev–Trinajstić information content (AvgIpc) is 2.44. The Morgan fingerprint density at radius 3 is 1.95 bits per heavy atom. The molecule has 0 heterocycles. The third-order valence-corrected chi connectivity index (χ3v) is 3.77. The molecule has 120 valence electrons. The van der Waals surface area contributed by atoms with E-state index in [4.69, 9.17) is 4.74 Å². The second-order valence-corrected chi connectivity index (χ2v) is 5.91. The summed E-state index contributed by atoms with van der Waals surface area (Å²) in [7, 11) is 0. The first-order valence-electron chi connectivity index (χ1n) is 8.94. The van der Waals surface area contributed by atoms with Gasteiger partial charge in [-0.3, -0.25) is 4.79 Å². The van der Waals surface area contributed by atoms with E-state index in [1.54, 1.807) is 0 Å². The molecular weight excluding hydrogens is 248 g/mol. The summed E-state index contributed by atoms with van der Waals surface area (Å²) in [5, 5.41) is 0.